The minimum Gasteiger partial charge on any atom is -0.409 e. The van der Waals surface area contributed by atoms with Crippen LogP contribution in [0.2, 0.25) is 5.02 Å². The van der Waals surface area contributed by atoms with Gasteiger partial charge in [-0.25, -0.2) is 4.39 Å². The number of benzene rings is 1. The van der Waals surface area contributed by atoms with Gasteiger partial charge in [0.05, 0.1) is 5.69 Å². The second-order valence-corrected chi connectivity index (χ2v) is 5.29. The van der Waals surface area contributed by atoms with E-state index in [4.69, 9.17) is 22.5 Å². The van der Waals surface area contributed by atoms with Gasteiger partial charge in [0.1, 0.15) is 11.2 Å². The summed E-state index contributed by atoms with van der Waals surface area (Å²) < 4.78 is 13.6. The standard InChI is InChI=1S/C13H15ClFN3O2/c14-8-3-4-9(15)10(7-8)17-12(19)13(11(16)18-20)5-1-2-6-13/h3-4,7,20H,1-2,5-6H2,(H2,16,18)(H,17,19). The van der Waals surface area contributed by atoms with E-state index in [1.165, 1.54) is 18.2 Å². The number of amides is 1. The highest BCUT2D eigenvalue weighted by atomic mass is 35.5. The molecule has 0 aliphatic heterocycles. The van der Waals surface area contributed by atoms with Crippen molar-refractivity contribution in [2.45, 2.75) is 25.7 Å². The first-order valence-corrected chi connectivity index (χ1v) is 6.62. The molecule has 4 N–H and O–H groups in total. The molecule has 5 nitrogen and oxygen atoms in total. The SMILES string of the molecule is NC(=NO)C1(C(=O)Nc2cc(Cl)ccc2F)CCCC1. The van der Waals surface area contributed by atoms with E-state index in [9.17, 15) is 9.18 Å². The molecule has 0 radical (unpaired) electrons. The van der Waals surface area contributed by atoms with E-state index < -0.39 is 17.1 Å². The zero-order valence-electron chi connectivity index (χ0n) is 10.7. The van der Waals surface area contributed by atoms with Gasteiger partial charge < -0.3 is 16.3 Å². The summed E-state index contributed by atoms with van der Waals surface area (Å²) in [7, 11) is 0. The molecule has 0 spiro atoms. The molecule has 0 unspecified atom stereocenters. The van der Waals surface area contributed by atoms with Crippen molar-refractivity contribution in [3.8, 4) is 0 Å². The number of halogens is 2. The lowest BCUT2D eigenvalue weighted by Gasteiger charge is -2.26. The molecule has 2 rings (SSSR count). The van der Waals surface area contributed by atoms with Crippen molar-refractivity contribution in [2.75, 3.05) is 5.32 Å². The van der Waals surface area contributed by atoms with Gasteiger partial charge in [-0.3, -0.25) is 4.79 Å². The highest BCUT2D eigenvalue weighted by molar-refractivity contribution is 6.31. The lowest BCUT2D eigenvalue weighted by molar-refractivity contribution is -0.122. The van der Waals surface area contributed by atoms with Gasteiger partial charge in [-0.15, -0.1) is 0 Å². The number of rotatable bonds is 3. The Morgan fingerprint density at radius 2 is 2.10 bits per heavy atom. The molecule has 20 heavy (non-hydrogen) atoms. The van der Waals surface area contributed by atoms with E-state index in [-0.39, 0.29) is 11.5 Å². The highest BCUT2D eigenvalue weighted by Gasteiger charge is 2.45. The third-order valence-electron chi connectivity index (χ3n) is 3.67. The van der Waals surface area contributed by atoms with E-state index in [2.05, 4.69) is 10.5 Å². The molecule has 1 amide bonds. The van der Waals surface area contributed by atoms with Gasteiger partial charge >= 0.3 is 0 Å². The summed E-state index contributed by atoms with van der Waals surface area (Å²) in [6.45, 7) is 0. The molecule has 1 aromatic carbocycles. The Labute approximate surface area is 120 Å². The third-order valence-corrected chi connectivity index (χ3v) is 3.90. The highest BCUT2D eigenvalue weighted by Crippen LogP contribution is 2.39. The van der Waals surface area contributed by atoms with Crippen LogP contribution in [0.1, 0.15) is 25.7 Å². The lowest BCUT2D eigenvalue weighted by atomic mass is 9.83. The van der Waals surface area contributed by atoms with Crippen LogP contribution in [0.4, 0.5) is 10.1 Å². The molecule has 1 fully saturated rings. The Kier molecular flexibility index (Phi) is 4.13. The predicted molar refractivity (Wildman–Crippen MR) is 74.3 cm³/mol. The molecular formula is C13H15ClFN3O2. The van der Waals surface area contributed by atoms with Crippen LogP contribution in [0.3, 0.4) is 0 Å². The Hall–Kier alpha value is -1.82. The van der Waals surface area contributed by atoms with Crippen molar-refractivity contribution in [1.82, 2.24) is 0 Å². The van der Waals surface area contributed by atoms with Gasteiger partial charge in [-0.1, -0.05) is 29.6 Å². The molecule has 0 bridgehead atoms. The largest absolute Gasteiger partial charge is 0.409 e. The maximum atomic E-state index is 13.6. The van der Waals surface area contributed by atoms with Crippen LogP contribution in [-0.2, 0) is 4.79 Å². The fourth-order valence-corrected chi connectivity index (χ4v) is 2.68. The maximum absolute atomic E-state index is 13.6. The third kappa shape index (κ3) is 2.56. The van der Waals surface area contributed by atoms with Crippen molar-refractivity contribution in [3.05, 3.63) is 29.0 Å². The number of nitrogens with one attached hydrogen (secondary N) is 1. The number of carbonyl (C=O) groups is 1. The summed E-state index contributed by atoms with van der Waals surface area (Å²) in [5.74, 6) is -1.21. The molecule has 0 atom stereocenters. The first-order valence-electron chi connectivity index (χ1n) is 6.24. The van der Waals surface area contributed by atoms with Gasteiger partial charge in [0.15, 0.2) is 5.84 Å². The predicted octanol–water partition coefficient (Wildman–Crippen LogP) is 2.72. The quantitative estimate of drug-likeness (QED) is 0.347. The van der Waals surface area contributed by atoms with Crippen LogP contribution in [-0.4, -0.2) is 17.0 Å². The number of hydrogen-bond donors (Lipinski definition) is 3. The fraction of sp³-hybridized carbons (Fsp3) is 0.385. The van der Waals surface area contributed by atoms with Crippen LogP contribution in [0.5, 0.6) is 0 Å². The zero-order chi connectivity index (χ0) is 14.8. The van der Waals surface area contributed by atoms with Crippen molar-refractivity contribution in [2.24, 2.45) is 16.3 Å². The number of nitrogens with two attached hydrogens (primary N) is 1. The molecule has 0 saturated heterocycles. The summed E-state index contributed by atoms with van der Waals surface area (Å²) in [5, 5.41) is 14.6. The second kappa shape index (κ2) is 5.66. The van der Waals surface area contributed by atoms with Crippen molar-refractivity contribution >= 4 is 29.0 Å². The molecule has 7 heteroatoms. The van der Waals surface area contributed by atoms with Gasteiger partial charge in [0.25, 0.3) is 0 Å². The maximum Gasteiger partial charge on any atom is 0.238 e. The van der Waals surface area contributed by atoms with Gasteiger partial charge in [0.2, 0.25) is 5.91 Å². The minimum atomic E-state index is -1.08. The van der Waals surface area contributed by atoms with Crippen LogP contribution < -0.4 is 11.1 Å². The van der Waals surface area contributed by atoms with Crippen LogP contribution in [0.25, 0.3) is 0 Å². The summed E-state index contributed by atoms with van der Waals surface area (Å²) >= 11 is 5.78. The van der Waals surface area contributed by atoms with E-state index in [0.717, 1.165) is 12.8 Å². The number of nitrogens with zero attached hydrogens (tertiary/aromatic N) is 1. The first-order chi connectivity index (χ1) is 9.49. The average Bonchev–Trinajstić information content (AvgIpc) is 2.92. The Bertz CT molecular complexity index is 557. The van der Waals surface area contributed by atoms with Crippen molar-refractivity contribution < 1.29 is 14.4 Å². The lowest BCUT2D eigenvalue weighted by Crippen LogP contribution is -2.45. The smallest absolute Gasteiger partial charge is 0.238 e. The molecule has 0 aromatic heterocycles. The first kappa shape index (κ1) is 14.6. The summed E-state index contributed by atoms with van der Waals surface area (Å²) in [4.78, 5) is 12.4. The van der Waals surface area contributed by atoms with E-state index in [0.29, 0.717) is 17.9 Å². The molecule has 1 aliphatic rings. The molecule has 1 saturated carbocycles. The molecule has 1 aromatic rings. The molecular weight excluding hydrogens is 285 g/mol. The van der Waals surface area contributed by atoms with E-state index >= 15 is 0 Å². The molecule has 0 heterocycles. The van der Waals surface area contributed by atoms with E-state index in [1.54, 1.807) is 0 Å². The second-order valence-electron chi connectivity index (χ2n) is 4.85. The summed E-state index contributed by atoms with van der Waals surface area (Å²) in [6.07, 6.45) is 2.52. The Balaban J connectivity index is 2.28. The monoisotopic (exact) mass is 299 g/mol. The number of carbonyl (C=O) groups excluding carboxylic acids is 1. The normalized spacial score (nSPS) is 18.0. The summed E-state index contributed by atoms with van der Waals surface area (Å²) in [6, 6.07) is 3.88. The Morgan fingerprint density at radius 1 is 1.45 bits per heavy atom. The van der Waals surface area contributed by atoms with Crippen molar-refractivity contribution in [3.63, 3.8) is 0 Å². The van der Waals surface area contributed by atoms with Crippen LogP contribution in [0, 0.1) is 11.2 Å². The number of amidine groups is 1. The van der Waals surface area contributed by atoms with Gasteiger partial charge in [-0.2, -0.15) is 0 Å². The van der Waals surface area contributed by atoms with Crippen molar-refractivity contribution in [1.29, 1.82) is 0 Å². The topological polar surface area (TPSA) is 87.7 Å². The van der Waals surface area contributed by atoms with Gasteiger partial charge in [0, 0.05) is 5.02 Å². The zero-order valence-corrected chi connectivity index (χ0v) is 11.5. The minimum absolute atomic E-state index is 0.0143. The molecule has 108 valence electrons. The summed E-state index contributed by atoms with van der Waals surface area (Å²) in [5.41, 5.74) is 4.56. The number of hydrogen-bond acceptors (Lipinski definition) is 3. The van der Waals surface area contributed by atoms with Crippen LogP contribution >= 0.6 is 11.6 Å². The average molecular weight is 300 g/mol. The van der Waals surface area contributed by atoms with Gasteiger partial charge in [-0.05, 0) is 31.0 Å². The number of oxime groups is 1. The Morgan fingerprint density at radius 3 is 2.70 bits per heavy atom. The fourth-order valence-electron chi connectivity index (χ4n) is 2.51. The van der Waals surface area contributed by atoms with E-state index in [1.807, 2.05) is 0 Å². The van der Waals surface area contributed by atoms with Crippen LogP contribution in [0.15, 0.2) is 23.4 Å². The number of anilines is 1. The molecule has 1 aliphatic carbocycles.